The lowest BCUT2D eigenvalue weighted by Crippen LogP contribution is -2.46. The molecule has 18 heavy (non-hydrogen) atoms. The number of aliphatic hydroxyl groups is 1. The molecule has 2 bridgehead atoms. The van der Waals surface area contributed by atoms with Crippen LogP contribution < -0.4 is 0 Å². The van der Waals surface area contributed by atoms with Crippen molar-refractivity contribution in [3.63, 3.8) is 0 Å². The Bertz CT molecular complexity index is 378. The summed E-state index contributed by atoms with van der Waals surface area (Å²) in [6, 6.07) is 0. The predicted molar refractivity (Wildman–Crippen MR) is 67.8 cm³/mol. The van der Waals surface area contributed by atoms with E-state index >= 15 is 0 Å². The SMILES string of the molecule is C=CC(=O)OCC12CCC(C1)C1CCCC12CO. The Morgan fingerprint density at radius 2 is 2.28 bits per heavy atom. The maximum absolute atomic E-state index is 11.3. The van der Waals surface area contributed by atoms with E-state index in [0.717, 1.165) is 25.2 Å². The van der Waals surface area contributed by atoms with Crippen molar-refractivity contribution in [2.75, 3.05) is 13.2 Å². The Labute approximate surface area is 108 Å². The van der Waals surface area contributed by atoms with Crippen molar-refractivity contribution >= 4 is 5.97 Å². The van der Waals surface area contributed by atoms with Crippen LogP contribution in [0.25, 0.3) is 0 Å². The summed E-state index contributed by atoms with van der Waals surface area (Å²) in [5.74, 6) is 1.09. The van der Waals surface area contributed by atoms with Crippen molar-refractivity contribution in [2.45, 2.75) is 38.5 Å². The molecule has 0 saturated heterocycles. The highest BCUT2D eigenvalue weighted by atomic mass is 16.5. The Hall–Kier alpha value is -0.830. The minimum absolute atomic E-state index is 0.0391. The van der Waals surface area contributed by atoms with E-state index in [1.54, 1.807) is 0 Å². The summed E-state index contributed by atoms with van der Waals surface area (Å²) in [5, 5.41) is 9.98. The van der Waals surface area contributed by atoms with Crippen LogP contribution in [0.3, 0.4) is 0 Å². The topological polar surface area (TPSA) is 46.5 Å². The molecule has 3 heteroatoms. The number of fused-ring (bicyclic) bond motifs is 5. The second-order valence-electron chi connectivity index (χ2n) is 6.41. The van der Waals surface area contributed by atoms with Crippen LogP contribution in [-0.4, -0.2) is 24.3 Å². The molecular formula is C15H22O3. The highest BCUT2D eigenvalue weighted by molar-refractivity contribution is 5.81. The molecular weight excluding hydrogens is 228 g/mol. The van der Waals surface area contributed by atoms with Crippen LogP contribution in [0.1, 0.15) is 38.5 Å². The molecule has 4 atom stereocenters. The third-order valence-electron chi connectivity index (χ3n) is 6.06. The number of ether oxygens (including phenoxy) is 1. The van der Waals surface area contributed by atoms with E-state index in [9.17, 15) is 9.90 Å². The lowest BCUT2D eigenvalue weighted by atomic mass is 9.60. The molecule has 0 amide bonds. The van der Waals surface area contributed by atoms with Crippen LogP contribution in [-0.2, 0) is 9.53 Å². The third-order valence-corrected chi connectivity index (χ3v) is 6.06. The molecule has 0 aromatic heterocycles. The van der Waals surface area contributed by atoms with Crippen molar-refractivity contribution in [1.82, 2.24) is 0 Å². The normalized spacial score (nSPS) is 44.9. The maximum Gasteiger partial charge on any atom is 0.330 e. The van der Waals surface area contributed by atoms with Gasteiger partial charge in [0.05, 0.1) is 6.61 Å². The van der Waals surface area contributed by atoms with E-state index in [4.69, 9.17) is 4.74 Å². The molecule has 3 aliphatic carbocycles. The molecule has 0 aliphatic heterocycles. The van der Waals surface area contributed by atoms with Crippen LogP contribution in [0.5, 0.6) is 0 Å². The van der Waals surface area contributed by atoms with E-state index in [-0.39, 0.29) is 23.4 Å². The lowest BCUT2D eigenvalue weighted by molar-refractivity contribution is -0.147. The highest BCUT2D eigenvalue weighted by Crippen LogP contribution is 2.72. The predicted octanol–water partition coefficient (Wildman–Crippen LogP) is 2.29. The fraction of sp³-hybridized carbons (Fsp3) is 0.800. The molecule has 3 saturated carbocycles. The van der Waals surface area contributed by atoms with Gasteiger partial charge in [0, 0.05) is 23.5 Å². The smallest absolute Gasteiger partial charge is 0.330 e. The van der Waals surface area contributed by atoms with Crippen LogP contribution in [0.4, 0.5) is 0 Å². The first-order valence-electron chi connectivity index (χ1n) is 7.07. The Kier molecular flexibility index (Phi) is 2.77. The number of rotatable bonds is 4. The largest absolute Gasteiger partial charge is 0.462 e. The zero-order valence-electron chi connectivity index (χ0n) is 10.9. The minimum atomic E-state index is -0.331. The molecule has 4 unspecified atom stereocenters. The third kappa shape index (κ3) is 1.37. The van der Waals surface area contributed by atoms with Crippen molar-refractivity contribution in [1.29, 1.82) is 0 Å². The summed E-state index contributed by atoms with van der Waals surface area (Å²) in [5.41, 5.74) is 0.0869. The van der Waals surface area contributed by atoms with Gasteiger partial charge in [-0.2, -0.15) is 0 Å². The Balaban J connectivity index is 1.85. The average Bonchev–Trinajstić information content (AvgIpc) is 3.05. The van der Waals surface area contributed by atoms with Crippen molar-refractivity contribution in [3.05, 3.63) is 12.7 Å². The quantitative estimate of drug-likeness (QED) is 0.615. The lowest BCUT2D eigenvalue weighted by Gasteiger charge is -2.46. The van der Waals surface area contributed by atoms with Gasteiger partial charge in [-0.3, -0.25) is 0 Å². The van der Waals surface area contributed by atoms with Crippen molar-refractivity contribution in [3.8, 4) is 0 Å². The molecule has 0 aromatic carbocycles. The summed E-state index contributed by atoms with van der Waals surface area (Å²) in [4.78, 5) is 11.3. The van der Waals surface area contributed by atoms with Gasteiger partial charge in [0.1, 0.15) is 0 Å². The van der Waals surface area contributed by atoms with Crippen LogP contribution in [0, 0.1) is 22.7 Å². The first-order chi connectivity index (χ1) is 8.67. The van der Waals surface area contributed by atoms with E-state index in [0.29, 0.717) is 12.5 Å². The first kappa shape index (κ1) is 12.2. The fourth-order valence-electron chi connectivity index (χ4n) is 5.31. The zero-order chi connectivity index (χ0) is 12.8. The number of hydrogen-bond acceptors (Lipinski definition) is 3. The maximum atomic E-state index is 11.3. The second-order valence-corrected chi connectivity index (χ2v) is 6.41. The summed E-state index contributed by atoms with van der Waals surface area (Å²) < 4.78 is 5.36. The molecule has 3 rings (SSSR count). The monoisotopic (exact) mass is 250 g/mol. The minimum Gasteiger partial charge on any atom is -0.462 e. The molecule has 3 aliphatic rings. The number of hydrogen-bond donors (Lipinski definition) is 1. The van der Waals surface area contributed by atoms with E-state index < -0.39 is 0 Å². The molecule has 1 N–H and O–H groups in total. The molecule has 0 radical (unpaired) electrons. The van der Waals surface area contributed by atoms with Gasteiger partial charge in [-0.1, -0.05) is 13.0 Å². The Morgan fingerprint density at radius 3 is 3.00 bits per heavy atom. The van der Waals surface area contributed by atoms with Gasteiger partial charge < -0.3 is 9.84 Å². The Morgan fingerprint density at radius 1 is 1.44 bits per heavy atom. The zero-order valence-corrected chi connectivity index (χ0v) is 10.9. The van der Waals surface area contributed by atoms with E-state index in [1.807, 2.05) is 0 Å². The molecule has 3 nitrogen and oxygen atoms in total. The van der Waals surface area contributed by atoms with E-state index in [1.165, 1.54) is 25.3 Å². The van der Waals surface area contributed by atoms with Crippen molar-refractivity contribution in [2.24, 2.45) is 22.7 Å². The summed E-state index contributed by atoms with van der Waals surface area (Å²) in [6.07, 6.45) is 8.31. The average molecular weight is 250 g/mol. The number of esters is 1. The summed E-state index contributed by atoms with van der Waals surface area (Å²) >= 11 is 0. The highest BCUT2D eigenvalue weighted by Gasteiger charge is 2.68. The first-order valence-corrected chi connectivity index (χ1v) is 7.07. The van der Waals surface area contributed by atoms with Gasteiger partial charge in [0.2, 0.25) is 0 Å². The van der Waals surface area contributed by atoms with E-state index in [2.05, 4.69) is 6.58 Å². The standard InChI is InChI=1S/C15H22O3/c1-2-13(17)18-10-14-7-5-11(8-14)12-4-3-6-15(12,14)9-16/h2,11-12,16H,1,3-10H2. The molecule has 0 aromatic rings. The van der Waals surface area contributed by atoms with Gasteiger partial charge in [0.15, 0.2) is 0 Å². The van der Waals surface area contributed by atoms with Gasteiger partial charge in [0.25, 0.3) is 0 Å². The van der Waals surface area contributed by atoms with Crippen LogP contribution in [0.15, 0.2) is 12.7 Å². The van der Waals surface area contributed by atoms with Gasteiger partial charge in [-0.15, -0.1) is 0 Å². The molecule has 0 spiro atoms. The van der Waals surface area contributed by atoms with Crippen LogP contribution >= 0.6 is 0 Å². The van der Waals surface area contributed by atoms with Crippen LogP contribution in [0.2, 0.25) is 0 Å². The molecule has 3 fully saturated rings. The van der Waals surface area contributed by atoms with Gasteiger partial charge in [-0.25, -0.2) is 4.79 Å². The fourth-order valence-corrected chi connectivity index (χ4v) is 5.31. The summed E-state index contributed by atoms with van der Waals surface area (Å²) in [7, 11) is 0. The second kappa shape index (κ2) is 4.09. The summed E-state index contributed by atoms with van der Waals surface area (Å²) in [6.45, 7) is 4.19. The number of aliphatic hydroxyl groups excluding tert-OH is 1. The van der Waals surface area contributed by atoms with Gasteiger partial charge >= 0.3 is 5.97 Å². The van der Waals surface area contributed by atoms with Crippen molar-refractivity contribution < 1.29 is 14.6 Å². The number of carbonyl (C=O) groups excluding carboxylic acids is 1. The molecule has 100 valence electrons. The molecule has 0 heterocycles. The van der Waals surface area contributed by atoms with Gasteiger partial charge in [-0.05, 0) is 43.9 Å². The number of carbonyl (C=O) groups is 1.